The summed E-state index contributed by atoms with van der Waals surface area (Å²) in [7, 11) is -3.39. The average Bonchev–Trinajstić information content (AvgIpc) is 2.70. The Morgan fingerprint density at radius 2 is 1.59 bits per heavy atom. The first-order valence-electron chi connectivity index (χ1n) is 9.28. The molecule has 0 bridgehead atoms. The molecule has 1 aliphatic rings. The second-order valence-corrected chi connectivity index (χ2v) is 9.72. The van der Waals surface area contributed by atoms with Crippen LogP contribution in [-0.2, 0) is 20.6 Å². The van der Waals surface area contributed by atoms with E-state index >= 15 is 0 Å². The smallest absolute Gasteiger partial charge is 0.241 e. The van der Waals surface area contributed by atoms with Gasteiger partial charge in [0, 0.05) is 26.2 Å². The van der Waals surface area contributed by atoms with Gasteiger partial charge in [0.05, 0.1) is 27.5 Å². The number of anilines is 1. The molecule has 1 heterocycles. The fraction of sp³-hybridized carbons (Fsp3) is 0.350. The number of hydrogen-bond donors (Lipinski definition) is 1. The fourth-order valence-electron chi connectivity index (χ4n) is 3.26. The number of hydrogen-bond acceptors (Lipinski definition) is 4. The Morgan fingerprint density at radius 3 is 2.17 bits per heavy atom. The number of rotatable bonds is 6. The maximum Gasteiger partial charge on any atom is 0.241 e. The number of piperazine rings is 1. The van der Waals surface area contributed by atoms with E-state index < -0.39 is 16.1 Å². The first kappa shape index (κ1) is 22.1. The van der Waals surface area contributed by atoms with E-state index in [0.717, 1.165) is 5.56 Å². The molecule has 0 spiro atoms. The van der Waals surface area contributed by atoms with Gasteiger partial charge in [-0.05, 0) is 24.6 Å². The summed E-state index contributed by atoms with van der Waals surface area (Å²) in [6.07, 6.45) is 0. The van der Waals surface area contributed by atoms with E-state index in [1.807, 2.05) is 23.1 Å². The van der Waals surface area contributed by atoms with Gasteiger partial charge in [-0.3, -0.25) is 9.69 Å². The Bertz CT molecular complexity index is 942. The Hall–Kier alpha value is -1.64. The fourth-order valence-corrected chi connectivity index (χ4v) is 5.26. The summed E-state index contributed by atoms with van der Waals surface area (Å²) in [6.45, 7) is 3.42. The second-order valence-electron chi connectivity index (χ2n) is 6.94. The Morgan fingerprint density at radius 1 is 1.00 bits per heavy atom. The molecule has 1 atom stereocenters. The number of carbonyl (C=O) groups is 1. The van der Waals surface area contributed by atoms with Crippen molar-refractivity contribution in [2.24, 2.45) is 0 Å². The quantitative estimate of drug-likeness (QED) is 0.723. The Balaban J connectivity index is 1.57. The van der Waals surface area contributed by atoms with Gasteiger partial charge in [0.15, 0.2) is 0 Å². The lowest BCUT2D eigenvalue weighted by Crippen LogP contribution is -2.54. The molecule has 9 heteroatoms. The van der Waals surface area contributed by atoms with Gasteiger partial charge < -0.3 is 5.32 Å². The zero-order chi connectivity index (χ0) is 21.0. The normalized spacial score (nSPS) is 17.1. The summed E-state index contributed by atoms with van der Waals surface area (Å²) in [5.41, 5.74) is 1.15. The van der Waals surface area contributed by atoms with Gasteiger partial charge >= 0.3 is 0 Å². The van der Waals surface area contributed by atoms with Crippen molar-refractivity contribution >= 4 is 44.8 Å². The van der Waals surface area contributed by atoms with Crippen molar-refractivity contribution in [1.29, 1.82) is 0 Å². The summed E-state index contributed by atoms with van der Waals surface area (Å²) in [4.78, 5) is 14.6. The first-order valence-corrected chi connectivity index (χ1v) is 11.6. The molecule has 1 amide bonds. The molecule has 6 nitrogen and oxygen atoms in total. The largest absolute Gasteiger partial charge is 0.322 e. The van der Waals surface area contributed by atoms with Crippen molar-refractivity contribution in [1.82, 2.24) is 9.21 Å². The van der Waals surface area contributed by atoms with Crippen LogP contribution in [0.2, 0.25) is 10.0 Å². The van der Waals surface area contributed by atoms with Crippen LogP contribution in [0.1, 0.15) is 12.5 Å². The maximum absolute atomic E-state index is 12.7. The molecule has 0 saturated carbocycles. The zero-order valence-corrected chi connectivity index (χ0v) is 18.3. The molecule has 1 unspecified atom stereocenters. The number of halogens is 2. The zero-order valence-electron chi connectivity index (χ0n) is 16.0. The molecule has 0 aromatic heterocycles. The number of sulfonamides is 1. The van der Waals surface area contributed by atoms with Crippen molar-refractivity contribution in [2.45, 2.75) is 18.7 Å². The molecule has 156 valence electrons. The molecule has 3 rings (SSSR count). The van der Waals surface area contributed by atoms with E-state index in [-0.39, 0.29) is 11.7 Å². The summed E-state index contributed by atoms with van der Waals surface area (Å²) >= 11 is 12.2. The lowest BCUT2D eigenvalue weighted by atomic mass is 10.2. The molecule has 0 radical (unpaired) electrons. The molecule has 1 aliphatic heterocycles. The molecule has 29 heavy (non-hydrogen) atoms. The van der Waals surface area contributed by atoms with Crippen LogP contribution in [0, 0.1) is 0 Å². The van der Waals surface area contributed by atoms with Crippen molar-refractivity contribution < 1.29 is 13.2 Å². The number of amides is 1. The predicted octanol–water partition coefficient (Wildman–Crippen LogP) is 3.47. The standard InChI is InChI=1S/C20H23Cl2N3O3S/c1-15(20(26)23-19-17(21)8-5-9-18(19)22)24-10-12-25(13-11-24)29(27,28)14-16-6-3-2-4-7-16/h2-9,15H,10-14H2,1H3,(H,23,26). The van der Waals surface area contributed by atoms with Gasteiger partial charge in [0.1, 0.15) is 0 Å². The van der Waals surface area contributed by atoms with Crippen molar-refractivity contribution in [2.75, 3.05) is 31.5 Å². The van der Waals surface area contributed by atoms with E-state index in [4.69, 9.17) is 23.2 Å². The average molecular weight is 456 g/mol. The molecule has 1 saturated heterocycles. The van der Waals surface area contributed by atoms with Crippen molar-refractivity contribution in [3.05, 3.63) is 64.1 Å². The second kappa shape index (κ2) is 9.45. The minimum Gasteiger partial charge on any atom is -0.322 e. The van der Waals surface area contributed by atoms with Crippen LogP contribution in [0.3, 0.4) is 0 Å². The number of para-hydroxylation sites is 1. The summed E-state index contributed by atoms with van der Waals surface area (Å²) in [5, 5.41) is 3.51. The van der Waals surface area contributed by atoms with E-state index in [9.17, 15) is 13.2 Å². The van der Waals surface area contributed by atoms with Gasteiger partial charge in [-0.25, -0.2) is 8.42 Å². The summed E-state index contributed by atoms with van der Waals surface area (Å²) in [6, 6.07) is 13.7. The van der Waals surface area contributed by atoms with Crippen LogP contribution in [-0.4, -0.2) is 55.8 Å². The highest BCUT2D eigenvalue weighted by molar-refractivity contribution is 7.88. The predicted molar refractivity (Wildman–Crippen MR) is 117 cm³/mol. The third-order valence-corrected chi connectivity index (χ3v) is 7.48. The van der Waals surface area contributed by atoms with E-state index in [1.54, 1.807) is 37.3 Å². The van der Waals surface area contributed by atoms with Crippen LogP contribution in [0.25, 0.3) is 0 Å². The highest BCUT2D eigenvalue weighted by Crippen LogP contribution is 2.30. The highest BCUT2D eigenvalue weighted by atomic mass is 35.5. The van der Waals surface area contributed by atoms with Crippen LogP contribution in [0.5, 0.6) is 0 Å². The molecule has 1 N–H and O–H groups in total. The molecule has 2 aromatic rings. The lowest BCUT2D eigenvalue weighted by Gasteiger charge is -2.36. The Labute approximate surface area is 181 Å². The molecule has 1 fully saturated rings. The van der Waals surface area contributed by atoms with Gasteiger partial charge in [-0.15, -0.1) is 0 Å². The monoisotopic (exact) mass is 455 g/mol. The maximum atomic E-state index is 12.7. The topological polar surface area (TPSA) is 69.7 Å². The minimum atomic E-state index is -3.39. The van der Waals surface area contributed by atoms with Crippen LogP contribution >= 0.6 is 23.2 Å². The lowest BCUT2D eigenvalue weighted by molar-refractivity contribution is -0.121. The number of nitrogens with zero attached hydrogens (tertiary/aromatic N) is 2. The molecule has 0 aliphatic carbocycles. The van der Waals surface area contributed by atoms with Crippen LogP contribution in [0.15, 0.2) is 48.5 Å². The highest BCUT2D eigenvalue weighted by Gasteiger charge is 2.31. The van der Waals surface area contributed by atoms with Crippen molar-refractivity contribution in [3.63, 3.8) is 0 Å². The molecule has 2 aromatic carbocycles. The van der Waals surface area contributed by atoms with E-state index in [2.05, 4.69) is 5.32 Å². The van der Waals surface area contributed by atoms with Gasteiger partial charge in [0.2, 0.25) is 15.9 Å². The summed E-state index contributed by atoms with van der Waals surface area (Å²) < 4.78 is 26.9. The SMILES string of the molecule is CC(C(=O)Nc1c(Cl)cccc1Cl)N1CCN(S(=O)(=O)Cc2ccccc2)CC1. The van der Waals surface area contributed by atoms with E-state index in [0.29, 0.717) is 41.9 Å². The van der Waals surface area contributed by atoms with Crippen LogP contribution in [0.4, 0.5) is 5.69 Å². The number of carbonyl (C=O) groups excluding carboxylic acids is 1. The van der Waals surface area contributed by atoms with E-state index in [1.165, 1.54) is 4.31 Å². The van der Waals surface area contributed by atoms with Gasteiger partial charge in [0.25, 0.3) is 0 Å². The van der Waals surface area contributed by atoms with Gasteiger partial charge in [-0.2, -0.15) is 4.31 Å². The number of benzene rings is 2. The third kappa shape index (κ3) is 5.49. The number of nitrogens with one attached hydrogen (secondary N) is 1. The third-order valence-electron chi connectivity index (χ3n) is 5.00. The molecular weight excluding hydrogens is 433 g/mol. The molecular formula is C20H23Cl2N3O3S. The van der Waals surface area contributed by atoms with Crippen LogP contribution < -0.4 is 5.32 Å². The first-order chi connectivity index (χ1) is 13.8. The Kier molecular flexibility index (Phi) is 7.19. The van der Waals surface area contributed by atoms with Crippen molar-refractivity contribution in [3.8, 4) is 0 Å². The minimum absolute atomic E-state index is 0.0190. The van der Waals surface area contributed by atoms with Gasteiger partial charge in [-0.1, -0.05) is 59.6 Å². The summed E-state index contributed by atoms with van der Waals surface area (Å²) in [5.74, 6) is -0.255.